The molecule has 0 saturated heterocycles. The fraction of sp³-hybridized carbons (Fsp3) is 0.318. The number of hydrogen-bond donors (Lipinski definition) is 2. The van der Waals surface area contributed by atoms with Gasteiger partial charge in [0.15, 0.2) is 0 Å². The second-order valence-corrected chi connectivity index (χ2v) is 13.1. The van der Waals surface area contributed by atoms with Gasteiger partial charge in [-0.3, -0.25) is 0 Å². The Morgan fingerprint density at radius 2 is 1.02 bits per heavy atom. The molecule has 0 aliphatic heterocycles. The number of methoxy groups -OCH3 is 4. The van der Waals surface area contributed by atoms with E-state index in [1.165, 1.54) is 22.3 Å². The van der Waals surface area contributed by atoms with Crippen molar-refractivity contribution in [2.24, 2.45) is 0 Å². The standard InChI is InChI=1S/C44H50O6/c1-27-19-35(30(4)38(41(27)26-46)21-31-9-11-33(25-45)12-10-31)23-36-20-28(2)43(49-7)40(44(36)50-8)24-34-15-18-42(48-6)39(29(34)3)22-32-13-16-37(47-5)17-14-32/h9-20,45-46H,21-26H2,1-8H3. The molecule has 0 atom stereocenters. The lowest BCUT2D eigenvalue weighted by molar-refractivity contribution is 0.280. The van der Waals surface area contributed by atoms with Crippen LogP contribution in [0.15, 0.2) is 72.8 Å². The molecule has 6 nitrogen and oxygen atoms in total. The molecule has 0 aliphatic carbocycles. The Kier molecular flexibility index (Phi) is 11.9. The molecule has 6 heteroatoms. The lowest BCUT2D eigenvalue weighted by Crippen LogP contribution is -2.09. The second-order valence-electron chi connectivity index (χ2n) is 13.1. The number of aliphatic hydroxyl groups is 2. The molecule has 0 bridgehead atoms. The average Bonchev–Trinajstić information content (AvgIpc) is 3.12. The van der Waals surface area contributed by atoms with E-state index in [0.717, 1.165) is 85.1 Å². The maximum Gasteiger partial charge on any atom is 0.129 e. The van der Waals surface area contributed by atoms with Gasteiger partial charge in [0.2, 0.25) is 0 Å². The number of benzene rings is 5. The van der Waals surface area contributed by atoms with Crippen LogP contribution in [0.4, 0.5) is 0 Å². The van der Waals surface area contributed by atoms with Gasteiger partial charge in [-0.05, 0) is 125 Å². The number of ether oxygens (including phenoxy) is 4. The first kappa shape index (κ1) is 36.5. The van der Waals surface area contributed by atoms with Gasteiger partial charge in [0.1, 0.15) is 23.0 Å². The lowest BCUT2D eigenvalue weighted by atomic mass is 9.85. The fourth-order valence-corrected chi connectivity index (χ4v) is 7.21. The van der Waals surface area contributed by atoms with E-state index in [2.05, 4.69) is 76.2 Å². The van der Waals surface area contributed by atoms with Crippen LogP contribution in [0.1, 0.15) is 77.9 Å². The summed E-state index contributed by atoms with van der Waals surface area (Å²) in [7, 11) is 6.86. The highest BCUT2D eigenvalue weighted by atomic mass is 16.5. The highest BCUT2D eigenvalue weighted by Gasteiger charge is 2.22. The zero-order chi connectivity index (χ0) is 35.9. The van der Waals surface area contributed by atoms with Crippen LogP contribution in [-0.4, -0.2) is 38.7 Å². The Bertz CT molecular complexity index is 1940. The monoisotopic (exact) mass is 674 g/mol. The highest BCUT2D eigenvalue weighted by molar-refractivity contribution is 5.60. The van der Waals surface area contributed by atoms with Crippen LogP contribution in [-0.2, 0) is 38.9 Å². The van der Waals surface area contributed by atoms with E-state index in [-0.39, 0.29) is 13.2 Å². The second kappa shape index (κ2) is 16.3. The smallest absolute Gasteiger partial charge is 0.129 e. The van der Waals surface area contributed by atoms with Gasteiger partial charge >= 0.3 is 0 Å². The molecule has 5 aromatic rings. The summed E-state index contributed by atoms with van der Waals surface area (Å²) in [5.41, 5.74) is 15.4. The Morgan fingerprint density at radius 3 is 1.60 bits per heavy atom. The van der Waals surface area contributed by atoms with E-state index >= 15 is 0 Å². The van der Waals surface area contributed by atoms with Crippen LogP contribution >= 0.6 is 0 Å². The van der Waals surface area contributed by atoms with Crippen molar-refractivity contribution in [2.45, 2.75) is 66.6 Å². The minimum absolute atomic E-state index is 0.0176. The topological polar surface area (TPSA) is 77.4 Å². The molecule has 0 radical (unpaired) electrons. The molecule has 0 unspecified atom stereocenters. The van der Waals surface area contributed by atoms with E-state index in [4.69, 9.17) is 18.9 Å². The van der Waals surface area contributed by atoms with Crippen molar-refractivity contribution in [1.82, 2.24) is 0 Å². The predicted octanol–water partition coefficient (Wildman–Crippen LogP) is 8.30. The van der Waals surface area contributed by atoms with E-state index in [0.29, 0.717) is 19.3 Å². The first-order valence-electron chi connectivity index (χ1n) is 17.1. The maximum atomic E-state index is 10.4. The first-order chi connectivity index (χ1) is 24.1. The zero-order valence-electron chi connectivity index (χ0n) is 30.7. The minimum Gasteiger partial charge on any atom is -0.497 e. The van der Waals surface area contributed by atoms with Crippen LogP contribution in [0.25, 0.3) is 0 Å². The van der Waals surface area contributed by atoms with Crippen LogP contribution < -0.4 is 18.9 Å². The molecule has 0 aliphatic rings. The number of aliphatic hydroxyl groups excluding tert-OH is 2. The Balaban J connectivity index is 1.55. The van der Waals surface area contributed by atoms with Gasteiger partial charge in [0, 0.05) is 30.4 Å². The van der Waals surface area contributed by atoms with Crippen LogP contribution in [0.3, 0.4) is 0 Å². The molecule has 0 aromatic heterocycles. The van der Waals surface area contributed by atoms with Gasteiger partial charge in [-0.15, -0.1) is 0 Å². The molecule has 50 heavy (non-hydrogen) atoms. The summed E-state index contributed by atoms with van der Waals surface area (Å²) in [5, 5.41) is 19.9. The minimum atomic E-state index is -0.0201. The number of aryl methyl sites for hydroxylation is 2. The van der Waals surface area contributed by atoms with E-state index in [9.17, 15) is 10.2 Å². The first-order valence-corrected chi connectivity index (χ1v) is 17.1. The van der Waals surface area contributed by atoms with Crippen molar-refractivity contribution in [3.05, 3.63) is 151 Å². The molecule has 0 amide bonds. The summed E-state index contributed by atoms with van der Waals surface area (Å²) in [6.07, 6.45) is 2.72. The molecule has 5 aromatic carbocycles. The third-order valence-electron chi connectivity index (χ3n) is 10.1. The summed E-state index contributed by atoms with van der Waals surface area (Å²) >= 11 is 0. The molecule has 2 N–H and O–H groups in total. The van der Waals surface area contributed by atoms with Gasteiger partial charge in [0.05, 0.1) is 41.7 Å². The van der Waals surface area contributed by atoms with Crippen molar-refractivity contribution in [1.29, 1.82) is 0 Å². The van der Waals surface area contributed by atoms with Gasteiger partial charge in [-0.1, -0.05) is 48.5 Å². The van der Waals surface area contributed by atoms with E-state index in [1.54, 1.807) is 28.4 Å². The SMILES string of the molecule is COc1ccc(Cc2c(OC)ccc(Cc3c(OC)c(C)cc(Cc4cc(C)c(CO)c(Cc5ccc(CO)cc5)c4C)c3OC)c2C)cc1. The van der Waals surface area contributed by atoms with Crippen LogP contribution in [0.2, 0.25) is 0 Å². The zero-order valence-corrected chi connectivity index (χ0v) is 30.7. The third kappa shape index (κ3) is 7.67. The van der Waals surface area contributed by atoms with Crippen LogP contribution in [0.5, 0.6) is 23.0 Å². The summed E-state index contributed by atoms with van der Waals surface area (Å²) in [4.78, 5) is 0. The highest BCUT2D eigenvalue weighted by Crippen LogP contribution is 2.40. The largest absolute Gasteiger partial charge is 0.497 e. The van der Waals surface area contributed by atoms with Crippen molar-refractivity contribution in [2.75, 3.05) is 28.4 Å². The van der Waals surface area contributed by atoms with Gasteiger partial charge < -0.3 is 29.2 Å². The third-order valence-corrected chi connectivity index (χ3v) is 10.1. The molecule has 5 rings (SSSR count). The van der Waals surface area contributed by atoms with Gasteiger partial charge in [0.25, 0.3) is 0 Å². The van der Waals surface area contributed by atoms with Gasteiger partial charge in [-0.2, -0.15) is 0 Å². The summed E-state index contributed by atoms with van der Waals surface area (Å²) in [5.74, 6) is 3.35. The van der Waals surface area contributed by atoms with E-state index in [1.807, 2.05) is 24.3 Å². The predicted molar refractivity (Wildman–Crippen MR) is 200 cm³/mol. The fourth-order valence-electron chi connectivity index (χ4n) is 7.21. The molecular weight excluding hydrogens is 624 g/mol. The van der Waals surface area contributed by atoms with Crippen molar-refractivity contribution < 1.29 is 29.2 Å². The Labute approximate surface area is 297 Å². The van der Waals surface area contributed by atoms with Crippen molar-refractivity contribution in [3.63, 3.8) is 0 Å². The van der Waals surface area contributed by atoms with Crippen molar-refractivity contribution >= 4 is 0 Å². The summed E-state index contributed by atoms with van der Waals surface area (Å²) < 4.78 is 23.5. The summed E-state index contributed by atoms with van der Waals surface area (Å²) in [6.45, 7) is 8.48. The molecular formula is C44H50O6. The molecule has 0 fully saturated rings. The maximum absolute atomic E-state index is 10.4. The average molecular weight is 675 g/mol. The van der Waals surface area contributed by atoms with Gasteiger partial charge in [-0.25, -0.2) is 0 Å². The number of hydrogen-bond acceptors (Lipinski definition) is 6. The number of rotatable bonds is 14. The quantitative estimate of drug-likeness (QED) is 0.123. The lowest BCUT2D eigenvalue weighted by Gasteiger charge is -2.23. The van der Waals surface area contributed by atoms with Crippen molar-refractivity contribution in [3.8, 4) is 23.0 Å². The van der Waals surface area contributed by atoms with E-state index < -0.39 is 0 Å². The van der Waals surface area contributed by atoms with Crippen LogP contribution in [0, 0.1) is 27.7 Å². The Morgan fingerprint density at radius 1 is 0.440 bits per heavy atom. The molecule has 0 saturated carbocycles. The summed E-state index contributed by atoms with van der Waals surface area (Å²) in [6, 6.07) is 24.8. The normalized spacial score (nSPS) is 11.1. The Hall–Kier alpha value is -4.78. The molecule has 262 valence electrons. The molecule has 0 heterocycles. The molecule has 0 spiro atoms.